The number of nitrogens with two attached hydrogens (primary N) is 1. The van der Waals surface area contributed by atoms with Crippen LogP contribution in [0.15, 0.2) is 29.7 Å². The van der Waals surface area contributed by atoms with Crippen LogP contribution >= 0.6 is 11.8 Å². The molecule has 1 atom stereocenters. The molecule has 20 heavy (non-hydrogen) atoms. The fraction of sp³-hybridized carbons (Fsp3) is 0.182. The van der Waals surface area contributed by atoms with Crippen molar-refractivity contribution in [2.24, 2.45) is 0 Å². The quantitative estimate of drug-likeness (QED) is 0.658. The molecule has 6 nitrogen and oxygen atoms in total. The van der Waals surface area contributed by atoms with E-state index in [1.165, 1.54) is 12.4 Å². The van der Waals surface area contributed by atoms with Gasteiger partial charge in [0.25, 0.3) is 0 Å². The summed E-state index contributed by atoms with van der Waals surface area (Å²) in [6.45, 7) is 1.56. The second-order valence-corrected chi connectivity index (χ2v) is 5.17. The molecule has 0 aliphatic carbocycles. The Morgan fingerprint density at radius 3 is 2.65 bits per heavy atom. The number of carbonyl (C=O) groups is 1. The molecule has 1 amide bonds. The molecule has 0 spiro atoms. The number of hydrogen-bond acceptors (Lipinski definition) is 5. The number of rotatable bonds is 4. The lowest BCUT2D eigenvalue weighted by Gasteiger charge is -2.12. The minimum absolute atomic E-state index is 0.321. The maximum atomic E-state index is 13.4. The van der Waals surface area contributed by atoms with Crippen LogP contribution in [-0.4, -0.2) is 26.0 Å². The Hall–Kier alpha value is -2.16. The van der Waals surface area contributed by atoms with Crippen LogP contribution in [0.2, 0.25) is 0 Å². The Balaban J connectivity index is 2.06. The van der Waals surface area contributed by atoms with Crippen LogP contribution in [0.1, 0.15) is 6.92 Å². The lowest BCUT2D eigenvalue weighted by molar-refractivity contribution is -0.115. The van der Waals surface area contributed by atoms with Crippen LogP contribution in [0, 0.1) is 11.6 Å². The van der Waals surface area contributed by atoms with Crippen LogP contribution in [-0.2, 0) is 4.79 Å². The number of aromatic nitrogens is 3. The Kier molecular flexibility index (Phi) is 4.18. The molecule has 0 radical (unpaired) electrons. The normalized spacial score (nSPS) is 12.2. The monoisotopic (exact) mass is 299 g/mol. The molecule has 0 unspecified atom stereocenters. The Morgan fingerprint density at radius 1 is 1.45 bits per heavy atom. The van der Waals surface area contributed by atoms with E-state index in [1.807, 2.05) is 0 Å². The van der Waals surface area contributed by atoms with Gasteiger partial charge in [-0.15, -0.1) is 10.2 Å². The number of halogens is 2. The summed E-state index contributed by atoms with van der Waals surface area (Å²) in [7, 11) is 0. The van der Waals surface area contributed by atoms with Gasteiger partial charge in [0.05, 0.1) is 5.25 Å². The van der Waals surface area contributed by atoms with Gasteiger partial charge in [0.2, 0.25) is 11.1 Å². The van der Waals surface area contributed by atoms with Crippen molar-refractivity contribution in [3.63, 3.8) is 0 Å². The molecule has 0 bridgehead atoms. The highest BCUT2D eigenvalue weighted by Gasteiger charge is 2.20. The summed E-state index contributed by atoms with van der Waals surface area (Å²) >= 11 is 1.02. The first kappa shape index (κ1) is 14.3. The van der Waals surface area contributed by atoms with Crippen molar-refractivity contribution < 1.29 is 13.6 Å². The molecule has 9 heteroatoms. The minimum atomic E-state index is -0.836. The van der Waals surface area contributed by atoms with E-state index in [0.717, 1.165) is 28.6 Å². The largest absolute Gasteiger partial charge is 0.336 e. The molecule has 3 N–H and O–H groups in total. The molecule has 2 rings (SSSR count). The van der Waals surface area contributed by atoms with Gasteiger partial charge in [-0.2, -0.15) is 0 Å². The molecular formula is C11H11F2N5OS. The van der Waals surface area contributed by atoms with Gasteiger partial charge in [-0.1, -0.05) is 17.8 Å². The van der Waals surface area contributed by atoms with Crippen LogP contribution in [0.4, 0.5) is 14.5 Å². The van der Waals surface area contributed by atoms with E-state index in [9.17, 15) is 13.6 Å². The molecule has 106 valence electrons. The van der Waals surface area contributed by atoms with Gasteiger partial charge in [0.1, 0.15) is 23.6 Å². The number of para-hydroxylation sites is 1. The van der Waals surface area contributed by atoms with Crippen LogP contribution in [0.5, 0.6) is 0 Å². The van der Waals surface area contributed by atoms with Crippen molar-refractivity contribution in [1.29, 1.82) is 0 Å². The fourth-order valence-corrected chi connectivity index (χ4v) is 2.12. The number of amides is 1. The molecule has 0 saturated carbocycles. The summed E-state index contributed by atoms with van der Waals surface area (Å²) in [6.07, 6.45) is 1.28. The number of thioether (sulfide) groups is 1. The van der Waals surface area contributed by atoms with Crippen molar-refractivity contribution in [1.82, 2.24) is 14.9 Å². The molecule has 1 aromatic carbocycles. The number of nitrogens with zero attached hydrogens (tertiary/aromatic N) is 3. The second-order valence-electron chi connectivity index (χ2n) is 3.87. The highest BCUT2D eigenvalue weighted by molar-refractivity contribution is 8.00. The fourth-order valence-electron chi connectivity index (χ4n) is 1.37. The maximum Gasteiger partial charge on any atom is 0.237 e. The molecule has 0 fully saturated rings. The van der Waals surface area contributed by atoms with Gasteiger partial charge in [-0.3, -0.25) is 4.79 Å². The molecular weight excluding hydrogens is 288 g/mol. The van der Waals surface area contributed by atoms with Gasteiger partial charge in [0, 0.05) is 0 Å². The number of benzene rings is 1. The summed E-state index contributed by atoms with van der Waals surface area (Å²) < 4.78 is 28.0. The van der Waals surface area contributed by atoms with Crippen molar-refractivity contribution in [3.8, 4) is 0 Å². The summed E-state index contributed by atoms with van der Waals surface area (Å²) in [5.74, 6) is 3.27. The predicted octanol–water partition coefficient (Wildman–Crippen LogP) is 1.39. The summed E-state index contributed by atoms with van der Waals surface area (Å²) in [4.78, 5) is 11.9. The first-order valence-electron chi connectivity index (χ1n) is 5.55. The lowest BCUT2D eigenvalue weighted by atomic mass is 10.3. The first-order chi connectivity index (χ1) is 9.49. The summed E-state index contributed by atoms with van der Waals surface area (Å²) in [5.41, 5.74) is -0.473. The smallest absolute Gasteiger partial charge is 0.237 e. The molecule has 1 heterocycles. The van der Waals surface area contributed by atoms with E-state index in [-0.39, 0.29) is 0 Å². The number of nitrogen functional groups attached to an aromatic ring is 1. The second kappa shape index (κ2) is 5.87. The zero-order chi connectivity index (χ0) is 14.7. The summed E-state index contributed by atoms with van der Waals surface area (Å²) in [6, 6.07) is 3.34. The van der Waals surface area contributed by atoms with E-state index < -0.39 is 28.5 Å². The number of hydrogen-bond donors (Lipinski definition) is 2. The standard InChI is InChI=1S/C11H11F2N5OS/c1-6(20-11-17-15-5-18(11)14)10(19)16-9-7(12)3-2-4-8(9)13/h2-6H,14H2,1H3,(H,16,19)/t6-/m1/s1. The van der Waals surface area contributed by atoms with Gasteiger partial charge < -0.3 is 11.2 Å². The average molecular weight is 299 g/mol. The molecule has 0 aliphatic heterocycles. The molecule has 0 aliphatic rings. The van der Waals surface area contributed by atoms with Crippen molar-refractivity contribution in [2.75, 3.05) is 11.2 Å². The van der Waals surface area contributed by atoms with E-state index >= 15 is 0 Å². The average Bonchev–Trinajstić information content (AvgIpc) is 2.79. The van der Waals surface area contributed by atoms with Gasteiger partial charge in [-0.05, 0) is 19.1 Å². The topological polar surface area (TPSA) is 85.8 Å². The third-order valence-electron chi connectivity index (χ3n) is 2.40. The van der Waals surface area contributed by atoms with Gasteiger partial charge in [-0.25, -0.2) is 13.5 Å². The Labute approximate surface area is 117 Å². The third-order valence-corrected chi connectivity index (χ3v) is 3.47. The minimum Gasteiger partial charge on any atom is -0.336 e. The van der Waals surface area contributed by atoms with Gasteiger partial charge >= 0.3 is 0 Å². The SMILES string of the molecule is C[C@@H](Sc1nncn1N)C(=O)Nc1c(F)cccc1F. The third kappa shape index (κ3) is 3.05. The lowest BCUT2D eigenvalue weighted by Crippen LogP contribution is -2.24. The Bertz CT molecular complexity index is 613. The highest BCUT2D eigenvalue weighted by atomic mass is 32.2. The predicted molar refractivity (Wildman–Crippen MR) is 70.5 cm³/mol. The van der Waals surface area contributed by atoms with Gasteiger partial charge in [0.15, 0.2) is 0 Å². The molecule has 1 aromatic heterocycles. The van der Waals surface area contributed by atoms with Crippen LogP contribution in [0.3, 0.4) is 0 Å². The van der Waals surface area contributed by atoms with E-state index in [0.29, 0.717) is 5.16 Å². The summed E-state index contributed by atoms with van der Waals surface area (Å²) in [5, 5.41) is 9.14. The highest BCUT2D eigenvalue weighted by Crippen LogP contribution is 2.23. The number of carbonyl (C=O) groups excluding carboxylic acids is 1. The van der Waals surface area contributed by atoms with Crippen LogP contribution in [0.25, 0.3) is 0 Å². The zero-order valence-electron chi connectivity index (χ0n) is 10.4. The van der Waals surface area contributed by atoms with E-state index in [4.69, 9.17) is 5.84 Å². The van der Waals surface area contributed by atoms with Crippen molar-refractivity contribution in [2.45, 2.75) is 17.3 Å². The van der Waals surface area contributed by atoms with Crippen LogP contribution < -0.4 is 11.2 Å². The maximum absolute atomic E-state index is 13.4. The first-order valence-corrected chi connectivity index (χ1v) is 6.43. The molecule has 0 saturated heterocycles. The van der Waals surface area contributed by atoms with Crippen molar-refractivity contribution in [3.05, 3.63) is 36.2 Å². The number of nitrogens with one attached hydrogen (secondary N) is 1. The van der Waals surface area contributed by atoms with E-state index in [2.05, 4.69) is 15.5 Å². The zero-order valence-corrected chi connectivity index (χ0v) is 11.2. The van der Waals surface area contributed by atoms with Crippen molar-refractivity contribution >= 4 is 23.4 Å². The number of anilines is 1. The Morgan fingerprint density at radius 2 is 2.10 bits per heavy atom. The van der Waals surface area contributed by atoms with E-state index in [1.54, 1.807) is 6.92 Å². The molecule has 2 aromatic rings.